The van der Waals surface area contributed by atoms with Crippen molar-refractivity contribution >= 4 is 11.0 Å². The van der Waals surface area contributed by atoms with E-state index >= 15 is 0 Å². The van der Waals surface area contributed by atoms with Crippen molar-refractivity contribution in [2.45, 2.75) is 57.5 Å². The van der Waals surface area contributed by atoms with Gasteiger partial charge in [-0.2, -0.15) is 0 Å². The van der Waals surface area contributed by atoms with Gasteiger partial charge in [0, 0.05) is 12.6 Å². The summed E-state index contributed by atoms with van der Waals surface area (Å²) in [6.07, 6.45) is 8.67. The molecule has 4 heteroatoms. The van der Waals surface area contributed by atoms with E-state index in [2.05, 4.69) is 38.7 Å². The van der Waals surface area contributed by atoms with Gasteiger partial charge in [-0.15, -0.1) is 0 Å². The van der Waals surface area contributed by atoms with Crippen molar-refractivity contribution in [1.82, 2.24) is 14.5 Å². The Labute approximate surface area is 137 Å². The van der Waals surface area contributed by atoms with Gasteiger partial charge in [0.2, 0.25) is 0 Å². The second kappa shape index (κ2) is 6.52. The number of benzene rings is 1. The first-order chi connectivity index (χ1) is 11.3. The van der Waals surface area contributed by atoms with Crippen LogP contribution in [0.15, 0.2) is 29.1 Å². The molecule has 1 N–H and O–H groups in total. The number of aromatic nitrogens is 2. The van der Waals surface area contributed by atoms with E-state index in [1.54, 1.807) is 0 Å². The zero-order chi connectivity index (χ0) is 15.6. The van der Waals surface area contributed by atoms with Crippen LogP contribution in [0.25, 0.3) is 11.0 Å². The van der Waals surface area contributed by atoms with E-state index < -0.39 is 0 Å². The largest absolute Gasteiger partial charge is 0.329 e. The predicted octanol–water partition coefficient (Wildman–Crippen LogP) is 3.31. The zero-order valence-electron chi connectivity index (χ0n) is 13.8. The van der Waals surface area contributed by atoms with Crippen LogP contribution in [0.4, 0.5) is 0 Å². The van der Waals surface area contributed by atoms with E-state index in [0.29, 0.717) is 12.0 Å². The first-order valence-electron chi connectivity index (χ1n) is 9.25. The van der Waals surface area contributed by atoms with Gasteiger partial charge in [-0.3, -0.25) is 9.13 Å². The average molecular weight is 313 g/mol. The molecule has 2 aromatic rings. The summed E-state index contributed by atoms with van der Waals surface area (Å²) >= 11 is 0. The number of piperidine rings is 1. The van der Waals surface area contributed by atoms with Crippen molar-refractivity contribution in [3.05, 3.63) is 34.7 Å². The van der Waals surface area contributed by atoms with Gasteiger partial charge in [-0.05, 0) is 56.8 Å². The van der Waals surface area contributed by atoms with Crippen LogP contribution < -0.4 is 11.0 Å². The van der Waals surface area contributed by atoms with Gasteiger partial charge in [-0.25, -0.2) is 4.79 Å². The Morgan fingerprint density at radius 2 is 1.65 bits per heavy atom. The van der Waals surface area contributed by atoms with E-state index in [0.717, 1.165) is 43.5 Å². The standard InChI is InChI=1S/C19H27N3O/c23-19-21(14-15-6-2-1-3-7-15)17-8-4-5-9-18(17)22(19)16-10-12-20-13-11-16/h4-5,8-9,15-16,20H,1-3,6-7,10-14H2. The minimum atomic E-state index is 0.212. The van der Waals surface area contributed by atoms with Gasteiger partial charge in [-0.1, -0.05) is 31.4 Å². The van der Waals surface area contributed by atoms with Crippen molar-refractivity contribution in [3.63, 3.8) is 0 Å². The molecule has 1 aliphatic carbocycles. The Kier molecular flexibility index (Phi) is 4.25. The molecule has 0 unspecified atom stereocenters. The van der Waals surface area contributed by atoms with Crippen LogP contribution in [0.5, 0.6) is 0 Å². The third-order valence-corrected chi connectivity index (χ3v) is 5.71. The number of imidazole rings is 1. The van der Waals surface area contributed by atoms with E-state index in [4.69, 9.17) is 0 Å². The number of para-hydroxylation sites is 2. The van der Waals surface area contributed by atoms with Gasteiger partial charge in [0.05, 0.1) is 11.0 Å². The van der Waals surface area contributed by atoms with Gasteiger partial charge in [0.1, 0.15) is 0 Å². The third kappa shape index (κ3) is 2.85. The highest BCUT2D eigenvalue weighted by atomic mass is 16.1. The number of nitrogens with zero attached hydrogens (tertiary/aromatic N) is 2. The SMILES string of the molecule is O=c1n(CC2CCCCC2)c2ccccc2n1C1CCNCC1. The first-order valence-corrected chi connectivity index (χ1v) is 9.25. The van der Waals surface area contributed by atoms with Crippen LogP contribution >= 0.6 is 0 Å². The van der Waals surface area contributed by atoms with Gasteiger partial charge in [0.15, 0.2) is 0 Å². The molecule has 1 saturated heterocycles. The third-order valence-electron chi connectivity index (χ3n) is 5.71. The molecular weight excluding hydrogens is 286 g/mol. The molecule has 0 bridgehead atoms. The highest BCUT2D eigenvalue weighted by Gasteiger charge is 2.23. The zero-order valence-corrected chi connectivity index (χ0v) is 13.8. The lowest BCUT2D eigenvalue weighted by Gasteiger charge is -2.24. The Morgan fingerprint density at radius 1 is 0.957 bits per heavy atom. The quantitative estimate of drug-likeness (QED) is 0.944. The summed E-state index contributed by atoms with van der Waals surface area (Å²) < 4.78 is 4.15. The minimum Gasteiger partial charge on any atom is -0.317 e. The number of fused-ring (bicyclic) bond motifs is 1. The lowest BCUT2D eigenvalue weighted by atomic mass is 9.89. The second-order valence-electron chi connectivity index (χ2n) is 7.24. The fraction of sp³-hybridized carbons (Fsp3) is 0.632. The first kappa shape index (κ1) is 15.0. The molecule has 1 aliphatic heterocycles. The maximum absolute atomic E-state index is 13.2. The molecule has 1 aromatic carbocycles. The molecule has 1 aromatic heterocycles. The smallest absolute Gasteiger partial charge is 0.317 e. The Morgan fingerprint density at radius 3 is 2.39 bits per heavy atom. The summed E-state index contributed by atoms with van der Waals surface area (Å²) in [4.78, 5) is 13.2. The number of nitrogens with one attached hydrogen (secondary N) is 1. The molecule has 0 amide bonds. The maximum atomic E-state index is 13.2. The minimum absolute atomic E-state index is 0.212. The summed E-state index contributed by atoms with van der Waals surface area (Å²) in [5.41, 5.74) is 2.46. The molecule has 23 heavy (non-hydrogen) atoms. The lowest BCUT2D eigenvalue weighted by Crippen LogP contribution is -2.35. The monoisotopic (exact) mass is 313 g/mol. The van der Waals surface area contributed by atoms with Crippen molar-refractivity contribution in [2.75, 3.05) is 13.1 Å². The van der Waals surface area contributed by atoms with E-state index in [1.807, 2.05) is 0 Å². The van der Waals surface area contributed by atoms with Crippen LogP contribution in [-0.2, 0) is 6.54 Å². The van der Waals surface area contributed by atoms with Gasteiger partial charge in [0.25, 0.3) is 0 Å². The van der Waals surface area contributed by atoms with E-state index in [9.17, 15) is 4.79 Å². The van der Waals surface area contributed by atoms with Crippen LogP contribution in [0.1, 0.15) is 51.0 Å². The van der Waals surface area contributed by atoms with Crippen molar-refractivity contribution in [3.8, 4) is 0 Å². The summed E-state index contributed by atoms with van der Waals surface area (Å²) in [6.45, 7) is 2.93. The highest BCUT2D eigenvalue weighted by Crippen LogP contribution is 2.27. The fourth-order valence-corrected chi connectivity index (χ4v) is 4.45. The van der Waals surface area contributed by atoms with Gasteiger partial charge < -0.3 is 5.32 Å². The van der Waals surface area contributed by atoms with Crippen LogP contribution in [-0.4, -0.2) is 22.2 Å². The fourth-order valence-electron chi connectivity index (χ4n) is 4.45. The highest BCUT2D eigenvalue weighted by molar-refractivity contribution is 5.76. The topological polar surface area (TPSA) is 39.0 Å². The van der Waals surface area contributed by atoms with Crippen molar-refractivity contribution in [2.24, 2.45) is 5.92 Å². The van der Waals surface area contributed by atoms with Crippen LogP contribution in [0.2, 0.25) is 0 Å². The molecule has 1 saturated carbocycles. The molecule has 2 fully saturated rings. The summed E-state index contributed by atoms with van der Waals surface area (Å²) in [7, 11) is 0. The maximum Gasteiger partial charge on any atom is 0.329 e. The number of hydrogen-bond donors (Lipinski definition) is 1. The lowest BCUT2D eigenvalue weighted by molar-refractivity contribution is 0.312. The van der Waals surface area contributed by atoms with Gasteiger partial charge >= 0.3 is 5.69 Å². The molecule has 0 spiro atoms. The van der Waals surface area contributed by atoms with Crippen LogP contribution in [0, 0.1) is 5.92 Å². The Bertz CT molecular complexity index is 718. The molecule has 4 rings (SSSR count). The molecular formula is C19H27N3O. The number of rotatable bonds is 3. The van der Waals surface area contributed by atoms with Crippen LogP contribution in [0.3, 0.4) is 0 Å². The normalized spacial score (nSPS) is 21.0. The molecule has 4 nitrogen and oxygen atoms in total. The molecule has 2 heterocycles. The van der Waals surface area contributed by atoms with Crippen molar-refractivity contribution < 1.29 is 0 Å². The summed E-state index contributed by atoms with van der Waals surface area (Å²) in [6, 6.07) is 8.71. The molecule has 2 aliphatic rings. The number of hydrogen-bond acceptors (Lipinski definition) is 2. The Balaban J connectivity index is 1.74. The van der Waals surface area contributed by atoms with E-state index in [1.165, 1.54) is 32.1 Å². The van der Waals surface area contributed by atoms with E-state index in [-0.39, 0.29) is 5.69 Å². The summed E-state index contributed by atoms with van der Waals surface area (Å²) in [5.74, 6) is 0.675. The second-order valence-corrected chi connectivity index (χ2v) is 7.24. The summed E-state index contributed by atoms with van der Waals surface area (Å²) in [5, 5.41) is 3.40. The van der Waals surface area contributed by atoms with Crippen molar-refractivity contribution in [1.29, 1.82) is 0 Å². The molecule has 0 atom stereocenters. The predicted molar refractivity (Wildman–Crippen MR) is 93.9 cm³/mol. The molecule has 0 radical (unpaired) electrons. The molecule has 124 valence electrons. The average Bonchev–Trinajstić information content (AvgIpc) is 2.89. The Hall–Kier alpha value is -1.55.